The van der Waals surface area contributed by atoms with Crippen molar-refractivity contribution in [3.63, 3.8) is 0 Å². The molecule has 1 heterocycles. The molecule has 0 unspecified atom stereocenters. The molecule has 0 bridgehead atoms. The molecule has 0 aliphatic rings. The molecule has 1 aromatic heterocycles. The summed E-state index contributed by atoms with van der Waals surface area (Å²) in [5, 5.41) is 13.5. The summed E-state index contributed by atoms with van der Waals surface area (Å²) in [6.45, 7) is 0. The van der Waals surface area contributed by atoms with Crippen LogP contribution >= 0.6 is 0 Å². The molecule has 0 aliphatic heterocycles. The molecule has 0 radical (unpaired) electrons. The molecule has 1 N–H and O–H groups in total. The van der Waals surface area contributed by atoms with Gasteiger partial charge in [0, 0.05) is 0 Å². The maximum Gasteiger partial charge on any atom is 0.435 e. The Hall–Kier alpha value is -2.86. The Morgan fingerprint density at radius 1 is 1.12 bits per heavy atom. The standard InChI is InChI=1S/C11H4F7N3O3/c1-21-8(10(23)24-20-21)9(22)19-7-5(14)3(12)2(11(16,17)18)4(13)6(7)15/h1H3,(H-,19,20,22,23). The molecule has 0 aliphatic carbocycles. The van der Waals surface area contributed by atoms with Gasteiger partial charge in [-0.2, -0.15) is 13.2 Å². The van der Waals surface area contributed by atoms with Crippen molar-refractivity contribution in [2.45, 2.75) is 6.18 Å². The highest BCUT2D eigenvalue weighted by molar-refractivity contribution is 5.88. The van der Waals surface area contributed by atoms with Gasteiger partial charge in [0.05, 0.1) is 5.90 Å². The lowest BCUT2D eigenvalue weighted by Crippen LogP contribution is -2.43. The van der Waals surface area contributed by atoms with Crippen LogP contribution in [0, 0.1) is 23.3 Å². The average molecular weight is 359 g/mol. The second-order valence-electron chi connectivity index (χ2n) is 4.28. The number of alkyl halides is 3. The van der Waals surface area contributed by atoms with E-state index in [2.05, 4.69) is 9.52 Å². The topological polar surface area (TPSA) is 85.3 Å². The van der Waals surface area contributed by atoms with Crippen LogP contribution in [-0.2, 0) is 13.2 Å². The second-order valence-corrected chi connectivity index (χ2v) is 4.28. The molecule has 6 nitrogen and oxygen atoms in total. The fraction of sp³-hybridized carbons (Fsp3) is 0.182. The molecule has 0 fully saturated rings. The highest BCUT2D eigenvalue weighted by Gasteiger charge is 2.42. The van der Waals surface area contributed by atoms with Gasteiger partial charge in [-0.3, -0.25) is 9.52 Å². The molecule has 0 saturated heterocycles. The number of hydrogen-bond donors (Lipinski definition) is 1. The van der Waals surface area contributed by atoms with E-state index in [1.54, 1.807) is 0 Å². The van der Waals surface area contributed by atoms with Crippen LogP contribution in [0.15, 0.2) is 14.3 Å². The molecule has 2 aromatic rings. The number of aromatic amines is 1. The third kappa shape index (κ3) is 2.72. The molecule has 130 valence electrons. The third-order valence-corrected chi connectivity index (χ3v) is 2.74. The summed E-state index contributed by atoms with van der Waals surface area (Å²) in [7, 11) is 1.05. The quantitative estimate of drug-likeness (QED) is 0.283. The van der Waals surface area contributed by atoms with E-state index in [1.807, 2.05) is 5.27 Å². The fourth-order valence-electron chi connectivity index (χ4n) is 1.69. The van der Waals surface area contributed by atoms with Gasteiger partial charge in [0.2, 0.25) is 0 Å². The molecule has 13 heteroatoms. The molecular weight excluding hydrogens is 355 g/mol. The number of nitrogens with one attached hydrogen (secondary N) is 1. The van der Waals surface area contributed by atoms with Crippen LogP contribution in [0.5, 0.6) is 0 Å². The number of nitrogens with zero attached hydrogens (tertiary/aromatic N) is 2. The second kappa shape index (κ2) is 5.65. The van der Waals surface area contributed by atoms with Crippen molar-refractivity contribution >= 4 is 11.6 Å². The first-order valence-electron chi connectivity index (χ1n) is 5.73. The molecule has 0 amide bonds. The summed E-state index contributed by atoms with van der Waals surface area (Å²) < 4.78 is 96.0. The smallest absolute Gasteiger partial charge is 0.435 e. The lowest BCUT2D eigenvalue weighted by molar-refractivity contribution is -0.742. The van der Waals surface area contributed by atoms with E-state index in [-0.39, 0.29) is 0 Å². The number of aliphatic imine (C=N–C) groups is 1. The Bertz CT molecular complexity index is 868. The van der Waals surface area contributed by atoms with E-state index >= 15 is 0 Å². The molecule has 0 saturated carbocycles. The number of halogens is 7. The zero-order chi connectivity index (χ0) is 18.4. The Morgan fingerprint density at radius 3 is 2.00 bits per heavy atom. The molecule has 2 rings (SSSR count). The summed E-state index contributed by atoms with van der Waals surface area (Å²) in [6.07, 6.45) is -5.73. The number of benzene rings is 1. The summed E-state index contributed by atoms with van der Waals surface area (Å²) in [4.78, 5) is 13.8. The summed E-state index contributed by atoms with van der Waals surface area (Å²) in [6, 6.07) is 0. The first kappa shape index (κ1) is 17.5. The van der Waals surface area contributed by atoms with Gasteiger partial charge < -0.3 is 5.11 Å². The van der Waals surface area contributed by atoms with E-state index in [4.69, 9.17) is 0 Å². The van der Waals surface area contributed by atoms with Crippen molar-refractivity contribution in [1.29, 1.82) is 0 Å². The van der Waals surface area contributed by atoms with E-state index in [1.165, 1.54) is 0 Å². The van der Waals surface area contributed by atoms with Gasteiger partial charge in [-0.25, -0.2) is 22.4 Å². The minimum Gasteiger partial charge on any atom is -0.854 e. The Balaban J connectivity index is 2.74. The van der Waals surface area contributed by atoms with Crippen LogP contribution in [0.4, 0.5) is 36.4 Å². The minimum atomic E-state index is -5.73. The van der Waals surface area contributed by atoms with Crippen LogP contribution in [0.2, 0.25) is 0 Å². The lowest BCUT2D eigenvalue weighted by atomic mass is 10.1. The van der Waals surface area contributed by atoms with E-state index < -0.39 is 57.9 Å². The van der Waals surface area contributed by atoms with Gasteiger partial charge in [0.25, 0.3) is 0 Å². The Labute approximate surface area is 126 Å². The molecule has 24 heavy (non-hydrogen) atoms. The summed E-state index contributed by atoms with van der Waals surface area (Å²) >= 11 is 0. The van der Waals surface area contributed by atoms with Crippen molar-refractivity contribution in [3.05, 3.63) is 44.9 Å². The predicted molar refractivity (Wildman–Crippen MR) is 58.0 cm³/mol. The third-order valence-electron chi connectivity index (χ3n) is 2.74. The monoisotopic (exact) mass is 359 g/mol. The van der Waals surface area contributed by atoms with Gasteiger partial charge in [0.1, 0.15) is 11.3 Å². The number of rotatable bonds is 2. The zero-order valence-corrected chi connectivity index (χ0v) is 11.3. The molecule has 0 spiro atoms. The maximum atomic E-state index is 13.6. The minimum absolute atomic E-state index is 0.626. The molecule has 1 aromatic carbocycles. The van der Waals surface area contributed by atoms with Crippen LogP contribution in [0.3, 0.4) is 0 Å². The van der Waals surface area contributed by atoms with Gasteiger partial charge >= 0.3 is 17.5 Å². The lowest BCUT2D eigenvalue weighted by Gasteiger charge is -2.13. The van der Waals surface area contributed by atoms with Gasteiger partial charge in [-0.1, -0.05) is 4.68 Å². The first-order chi connectivity index (χ1) is 11.0. The SMILES string of the molecule is C[n+]1[nH]oc(=O)c1C([O-])=Nc1c(F)c(F)c(C(F)(F)F)c(F)c1F. The molecular formula is C11H4F7N3O3. The van der Waals surface area contributed by atoms with E-state index in [9.17, 15) is 40.6 Å². The largest absolute Gasteiger partial charge is 0.854 e. The highest BCUT2D eigenvalue weighted by Crippen LogP contribution is 2.39. The highest BCUT2D eigenvalue weighted by atomic mass is 19.4. The van der Waals surface area contributed by atoms with Gasteiger partial charge in [-0.05, 0) is 5.27 Å². The number of aryl methyl sites for hydroxylation is 1. The van der Waals surface area contributed by atoms with Crippen LogP contribution in [0.25, 0.3) is 0 Å². The number of aromatic nitrogens is 2. The van der Waals surface area contributed by atoms with Crippen LogP contribution in [-0.4, -0.2) is 11.2 Å². The van der Waals surface area contributed by atoms with Crippen molar-refractivity contribution in [2.24, 2.45) is 12.0 Å². The predicted octanol–water partition coefficient (Wildman–Crippen LogP) is 0.806. The van der Waals surface area contributed by atoms with Crippen molar-refractivity contribution in [3.8, 4) is 0 Å². The Morgan fingerprint density at radius 2 is 1.62 bits per heavy atom. The first-order valence-corrected chi connectivity index (χ1v) is 5.73. The zero-order valence-electron chi connectivity index (χ0n) is 11.3. The van der Waals surface area contributed by atoms with Crippen molar-refractivity contribution < 1.29 is 45.0 Å². The van der Waals surface area contributed by atoms with Gasteiger partial charge in [-0.15, -0.1) is 0 Å². The van der Waals surface area contributed by atoms with Gasteiger partial charge in [0.15, 0.2) is 30.3 Å². The van der Waals surface area contributed by atoms with Crippen molar-refractivity contribution in [1.82, 2.24) is 5.27 Å². The summed E-state index contributed by atoms with van der Waals surface area (Å²) in [5.74, 6) is -12.4. The normalized spacial score (nSPS) is 12.8. The fourth-order valence-corrected chi connectivity index (χ4v) is 1.69. The van der Waals surface area contributed by atoms with Crippen LogP contribution in [0.1, 0.15) is 11.3 Å². The number of hydrogen-bond acceptors (Lipinski definition) is 4. The Kier molecular flexibility index (Phi) is 4.12. The summed E-state index contributed by atoms with van der Waals surface area (Å²) in [5.41, 5.74) is -7.02. The maximum absolute atomic E-state index is 13.6. The van der Waals surface area contributed by atoms with Crippen molar-refractivity contribution in [2.75, 3.05) is 0 Å². The van der Waals surface area contributed by atoms with Crippen LogP contribution < -0.4 is 15.4 Å². The van der Waals surface area contributed by atoms with E-state index in [0.717, 1.165) is 7.05 Å². The number of H-pyrrole nitrogens is 1. The van der Waals surface area contributed by atoms with E-state index in [0.29, 0.717) is 4.68 Å². The average Bonchev–Trinajstić information content (AvgIpc) is 2.79. The molecule has 0 atom stereocenters.